The van der Waals surface area contributed by atoms with Gasteiger partial charge in [0.1, 0.15) is 0 Å². The van der Waals surface area contributed by atoms with Gasteiger partial charge in [-0.15, -0.1) is 0 Å². The summed E-state index contributed by atoms with van der Waals surface area (Å²) in [5, 5.41) is 8.35. The summed E-state index contributed by atoms with van der Waals surface area (Å²) in [7, 11) is 3.80. The van der Waals surface area contributed by atoms with Gasteiger partial charge in [-0.05, 0) is 52.6 Å². The summed E-state index contributed by atoms with van der Waals surface area (Å²) >= 11 is 0. The number of carbonyl (C=O) groups excluding carboxylic acids is 2. The second-order valence-electron chi connectivity index (χ2n) is 11.2. The molecule has 4 aliphatic rings. The summed E-state index contributed by atoms with van der Waals surface area (Å²) in [6.45, 7) is 4.07. The zero-order chi connectivity index (χ0) is 28.1. The number of aromatic nitrogens is 4. The van der Waals surface area contributed by atoms with Crippen molar-refractivity contribution in [2.24, 2.45) is 0 Å². The van der Waals surface area contributed by atoms with Crippen molar-refractivity contribution in [2.45, 2.75) is 102 Å². The van der Waals surface area contributed by atoms with Gasteiger partial charge in [0.2, 0.25) is 23.4 Å². The lowest BCUT2D eigenvalue weighted by atomic mass is 9.96. The molecule has 12 nitrogen and oxygen atoms in total. The van der Waals surface area contributed by atoms with Gasteiger partial charge in [0.15, 0.2) is 11.4 Å². The molecule has 4 bridgehead atoms. The van der Waals surface area contributed by atoms with Gasteiger partial charge >= 0.3 is 11.9 Å². The van der Waals surface area contributed by atoms with E-state index in [1.54, 1.807) is 0 Å². The predicted molar refractivity (Wildman–Crippen MR) is 141 cm³/mol. The van der Waals surface area contributed by atoms with Gasteiger partial charge in [0.25, 0.3) is 0 Å². The molecule has 214 valence electrons. The molecule has 4 aliphatic heterocycles. The number of esters is 2. The maximum atomic E-state index is 13.5. The summed E-state index contributed by atoms with van der Waals surface area (Å²) in [4.78, 5) is 40.1. The Balaban J connectivity index is 1.26. The molecular weight excluding hydrogens is 516 g/mol. The van der Waals surface area contributed by atoms with Gasteiger partial charge < -0.3 is 18.5 Å². The molecule has 2 aromatic heterocycles. The van der Waals surface area contributed by atoms with Gasteiger partial charge in [0.05, 0.1) is 11.1 Å². The fourth-order valence-corrected chi connectivity index (χ4v) is 6.72. The van der Waals surface area contributed by atoms with Crippen LogP contribution in [0.15, 0.2) is 21.2 Å². The number of aryl methyl sites for hydroxylation is 2. The normalized spacial score (nSPS) is 29.8. The largest absolute Gasteiger partial charge is 0.431 e. The Hall–Kier alpha value is -3.38. The van der Waals surface area contributed by atoms with Crippen LogP contribution < -0.4 is 0 Å². The van der Waals surface area contributed by atoms with Crippen LogP contribution in [-0.2, 0) is 31.9 Å². The second kappa shape index (κ2) is 10.2. The SMILES string of the molecule is CCCc1nc(C2=CCC3CCC2(OC(=O)C(=O)OC24CCC(CC=C2c2noc(CCC)n2)N4C)N3C)no1. The highest BCUT2D eigenvalue weighted by Gasteiger charge is 2.57. The molecule has 0 N–H and O–H groups in total. The van der Waals surface area contributed by atoms with Crippen molar-refractivity contribution < 1.29 is 28.1 Å². The first-order chi connectivity index (χ1) is 19.3. The molecule has 2 saturated heterocycles. The van der Waals surface area contributed by atoms with Crippen LogP contribution in [0.2, 0.25) is 0 Å². The second-order valence-corrected chi connectivity index (χ2v) is 11.2. The molecule has 0 radical (unpaired) electrons. The van der Waals surface area contributed by atoms with Crippen molar-refractivity contribution in [3.63, 3.8) is 0 Å². The van der Waals surface area contributed by atoms with E-state index in [9.17, 15) is 9.59 Å². The maximum Gasteiger partial charge on any atom is 0.419 e. The minimum Gasteiger partial charge on any atom is -0.431 e. The Labute approximate surface area is 232 Å². The van der Waals surface area contributed by atoms with Gasteiger partial charge in [-0.2, -0.15) is 9.97 Å². The van der Waals surface area contributed by atoms with Crippen LogP contribution in [-0.4, -0.2) is 79.6 Å². The van der Waals surface area contributed by atoms with E-state index in [0.717, 1.165) is 38.5 Å². The topological polar surface area (TPSA) is 137 Å². The number of ether oxygens (including phenoxy) is 2. The van der Waals surface area contributed by atoms with E-state index in [1.165, 1.54) is 0 Å². The van der Waals surface area contributed by atoms with Crippen molar-refractivity contribution in [3.8, 4) is 0 Å². The van der Waals surface area contributed by atoms with E-state index in [0.29, 0.717) is 60.3 Å². The van der Waals surface area contributed by atoms with Gasteiger partial charge in [-0.1, -0.05) is 36.3 Å². The molecule has 0 saturated carbocycles. The summed E-state index contributed by atoms with van der Waals surface area (Å²) in [5.74, 6) is -0.306. The smallest absolute Gasteiger partial charge is 0.419 e. The van der Waals surface area contributed by atoms with Crippen molar-refractivity contribution in [1.29, 1.82) is 0 Å². The summed E-state index contributed by atoms with van der Waals surface area (Å²) in [6.07, 6.45) is 11.2. The fraction of sp³-hybridized carbons (Fsp3) is 0.643. The molecule has 2 aromatic rings. The van der Waals surface area contributed by atoms with Crippen molar-refractivity contribution in [2.75, 3.05) is 14.1 Å². The minimum atomic E-state index is -1.18. The Morgan fingerprint density at radius 3 is 1.65 bits per heavy atom. The van der Waals surface area contributed by atoms with Gasteiger partial charge in [0, 0.05) is 37.8 Å². The third-order valence-corrected chi connectivity index (χ3v) is 8.93. The first kappa shape index (κ1) is 26.8. The highest BCUT2D eigenvalue weighted by molar-refractivity contribution is 6.30. The van der Waals surface area contributed by atoms with Crippen LogP contribution >= 0.6 is 0 Å². The minimum absolute atomic E-state index is 0.179. The predicted octanol–water partition coefficient (Wildman–Crippen LogP) is 3.30. The fourth-order valence-electron chi connectivity index (χ4n) is 6.72. The van der Waals surface area contributed by atoms with E-state index < -0.39 is 23.4 Å². The van der Waals surface area contributed by atoms with Crippen LogP contribution in [0.5, 0.6) is 0 Å². The highest BCUT2D eigenvalue weighted by atomic mass is 16.6. The molecule has 2 fully saturated rings. The van der Waals surface area contributed by atoms with Gasteiger partial charge in [-0.25, -0.2) is 9.59 Å². The number of nitrogens with zero attached hydrogens (tertiary/aromatic N) is 6. The van der Waals surface area contributed by atoms with E-state index in [4.69, 9.17) is 18.5 Å². The third kappa shape index (κ3) is 4.19. The number of rotatable bonds is 8. The van der Waals surface area contributed by atoms with Crippen LogP contribution in [0.3, 0.4) is 0 Å². The van der Waals surface area contributed by atoms with E-state index in [2.05, 4.69) is 20.3 Å². The lowest BCUT2D eigenvalue weighted by Gasteiger charge is -2.42. The molecule has 0 aliphatic carbocycles. The van der Waals surface area contributed by atoms with Crippen LogP contribution in [0.1, 0.15) is 88.6 Å². The molecule has 6 heterocycles. The van der Waals surface area contributed by atoms with Crippen LogP contribution in [0, 0.1) is 0 Å². The summed E-state index contributed by atoms with van der Waals surface area (Å²) < 4.78 is 23.0. The maximum absolute atomic E-state index is 13.5. The van der Waals surface area contributed by atoms with Crippen molar-refractivity contribution in [1.82, 2.24) is 30.1 Å². The Kier molecular flexibility index (Phi) is 6.86. The first-order valence-corrected chi connectivity index (χ1v) is 14.3. The highest BCUT2D eigenvalue weighted by Crippen LogP contribution is 2.50. The van der Waals surface area contributed by atoms with E-state index in [1.807, 2.05) is 49.9 Å². The van der Waals surface area contributed by atoms with Crippen LogP contribution in [0.25, 0.3) is 11.1 Å². The summed E-state index contributed by atoms with van der Waals surface area (Å²) in [6, 6.07) is 0.358. The molecule has 0 aromatic carbocycles. The molecule has 6 rings (SSSR count). The zero-order valence-electron chi connectivity index (χ0n) is 23.5. The van der Waals surface area contributed by atoms with E-state index in [-0.39, 0.29) is 12.1 Å². The number of likely N-dealkylation sites (N-methyl/N-ethyl adjacent to an activating group) is 2. The standard InChI is InChI=1S/C28H36N6O6/c1-5-7-21-29-23(31-39-21)19-11-9-17-13-15-27(19,33(17)3)37-25(35)26(36)38-28-16-14-18(34(28)4)10-12-20(28)24-30-22(8-6-2)40-32-24/h11-12,17-18H,5-10,13-16H2,1-4H3. The van der Waals surface area contributed by atoms with Crippen LogP contribution in [0.4, 0.5) is 0 Å². The molecule has 4 atom stereocenters. The lowest BCUT2D eigenvalue weighted by molar-refractivity contribution is -0.193. The van der Waals surface area contributed by atoms with Crippen molar-refractivity contribution >= 4 is 23.1 Å². The molecule has 40 heavy (non-hydrogen) atoms. The molecule has 0 amide bonds. The number of fused-ring (bicyclic) bond motifs is 4. The third-order valence-electron chi connectivity index (χ3n) is 8.93. The average molecular weight is 553 g/mol. The molecule has 0 spiro atoms. The number of carbonyl (C=O) groups is 2. The monoisotopic (exact) mass is 552 g/mol. The molecule has 12 heteroatoms. The quantitative estimate of drug-likeness (QED) is 0.351. The Morgan fingerprint density at radius 1 is 0.825 bits per heavy atom. The van der Waals surface area contributed by atoms with Crippen molar-refractivity contribution in [3.05, 3.63) is 35.6 Å². The zero-order valence-corrected chi connectivity index (χ0v) is 23.5. The molecule has 4 unspecified atom stereocenters. The number of hydrogen-bond acceptors (Lipinski definition) is 12. The lowest BCUT2D eigenvalue weighted by Crippen LogP contribution is -2.54. The average Bonchev–Trinajstić information content (AvgIpc) is 3.66. The molecular formula is C28H36N6O6. The Bertz CT molecular complexity index is 1260. The van der Waals surface area contributed by atoms with Gasteiger partial charge in [-0.3, -0.25) is 9.80 Å². The first-order valence-electron chi connectivity index (χ1n) is 14.3. The summed E-state index contributed by atoms with van der Waals surface area (Å²) in [5.41, 5.74) is -1.08. The number of hydrogen-bond donors (Lipinski definition) is 0. The Morgan fingerprint density at radius 2 is 1.25 bits per heavy atom. The van der Waals surface area contributed by atoms with E-state index >= 15 is 0 Å².